The number of nitro groups is 1. The minimum Gasteiger partial charge on any atom is -0.456 e. The van der Waals surface area contributed by atoms with E-state index in [1.807, 2.05) is 0 Å². The molecule has 1 amide bonds. The van der Waals surface area contributed by atoms with Crippen molar-refractivity contribution in [2.45, 2.75) is 12.8 Å². The largest absolute Gasteiger partial charge is 0.456 e. The summed E-state index contributed by atoms with van der Waals surface area (Å²) in [6.45, 7) is -0.556. The summed E-state index contributed by atoms with van der Waals surface area (Å²) in [5.41, 5.74) is -0.0546. The third-order valence-electron chi connectivity index (χ3n) is 3.15. The summed E-state index contributed by atoms with van der Waals surface area (Å²) < 4.78 is 4.79. The van der Waals surface area contributed by atoms with Gasteiger partial charge in [-0.1, -0.05) is 17.7 Å². The van der Waals surface area contributed by atoms with Crippen molar-refractivity contribution >= 4 is 52.0 Å². The van der Waals surface area contributed by atoms with E-state index in [2.05, 4.69) is 5.32 Å². The monoisotopic (exact) mass is 396 g/mol. The number of amides is 1. The Morgan fingerprint density at radius 1 is 1.23 bits per heavy atom. The summed E-state index contributed by atoms with van der Waals surface area (Å²) in [5, 5.41) is 14.8. The van der Waals surface area contributed by atoms with Gasteiger partial charge in [-0.05, 0) is 17.5 Å². The SMILES string of the molecule is O=C(COC(=O)CCC(=O)c1cccs1)Nc1ccc([N+](=O)[O-])cc1Cl. The Kier molecular flexibility index (Phi) is 6.81. The van der Waals surface area contributed by atoms with E-state index in [0.29, 0.717) is 4.88 Å². The number of rotatable bonds is 8. The molecule has 136 valence electrons. The zero-order valence-electron chi connectivity index (χ0n) is 13.3. The van der Waals surface area contributed by atoms with Crippen LogP contribution in [0, 0.1) is 10.1 Å². The van der Waals surface area contributed by atoms with Gasteiger partial charge in [0.05, 0.1) is 26.9 Å². The molecule has 0 saturated carbocycles. The molecule has 1 N–H and O–H groups in total. The maximum atomic E-state index is 11.8. The molecule has 0 radical (unpaired) electrons. The molecule has 0 saturated heterocycles. The molecule has 10 heteroatoms. The minimum absolute atomic E-state index is 0.00481. The number of ketones is 1. The van der Waals surface area contributed by atoms with Gasteiger partial charge in [-0.25, -0.2) is 0 Å². The number of halogens is 1. The van der Waals surface area contributed by atoms with Crippen molar-refractivity contribution in [3.63, 3.8) is 0 Å². The lowest BCUT2D eigenvalue weighted by atomic mass is 10.2. The Balaban J connectivity index is 1.77. The second-order valence-corrected chi connectivity index (χ2v) is 6.39. The van der Waals surface area contributed by atoms with E-state index in [1.165, 1.54) is 23.5 Å². The summed E-state index contributed by atoms with van der Waals surface area (Å²) in [7, 11) is 0. The number of Topliss-reactive ketones (excluding diaryl/α,β-unsaturated/α-hetero) is 1. The summed E-state index contributed by atoms with van der Waals surface area (Å²) >= 11 is 7.14. The molecule has 0 fully saturated rings. The first-order valence-corrected chi connectivity index (χ1v) is 8.58. The molecule has 0 bridgehead atoms. The van der Waals surface area contributed by atoms with Crippen molar-refractivity contribution < 1.29 is 24.0 Å². The van der Waals surface area contributed by atoms with Gasteiger partial charge in [-0.2, -0.15) is 0 Å². The minimum atomic E-state index is -0.681. The second-order valence-electron chi connectivity index (χ2n) is 5.03. The van der Waals surface area contributed by atoms with Crippen molar-refractivity contribution in [3.05, 3.63) is 55.7 Å². The fraction of sp³-hybridized carbons (Fsp3) is 0.188. The fourth-order valence-corrected chi connectivity index (χ4v) is 2.82. The Labute approximate surface area is 156 Å². The Morgan fingerprint density at radius 3 is 2.62 bits per heavy atom. The molecular weight excluding hydrogens is 384 g/mol. The Bertz CT molecular complexity index is 837. The van der Waals surface area contributed by atoms with Crippen molar-refractivity contribution in [3.8, 4) is 0 Å². The molecule has 0 aliphatic rings. The van der Waals surface area contributed by atoms with Crippen LogP contribution in [0.25, 0.3) is 0 Å². The number of nitrogens with zero attached hydrogens (tertiary/aromatic N) is 1. The van der Waals surface area contributed by atoms with Crippen LogP contribution < -0.4 is 5.32 Å². The first-order chi connectivity index (χ1) is 12.4. The normalized spacial score (nSPS) is 10.2. The Morgan fingerprint density at radius 2 is 2.00 bits per heavy atom. The average molecular weight is 397 g/mol. The van der Waals surface area contributed by atoms with Crippen molar-refractivity contribution in [1.82, 2.24) is 0 Å². The van der Waals surface area contributed by atoms with Crippen LogP contribution in [0.5, 0.6) is 0 Å². The number of anilines is 1. The predicted molar refractivity (Wildman–Crippen MR) is 95.6 cm³/mol. The summed E-state index contributed by atoms with van der Waals surface area (Å²) in [6, 6.07) is 6.96. The Hall–Kier alpha value is -2.78. The van der Waals surface area contributed by atoms with E-state index in [9.17, 15) is 24.5 Å². The average Bonchev–Trinajstić information content (AvgIpc) is 3.14. The highest BCUT2D eigenvalue weighted by Gasteiger charge is 2.14. The standard InChI is InChI=1S/C16H13ClN2O6S/c17-11-8-10(19(23)24)3-4-12(11)18-15(21)9-25-16(22)6-5-13(20)14-2-1-7-26-14/h1-4,7-8H,5-6,9H2,(H,18,21). The van der Waals surface area contributed by atoms with Crippen molar-refractivity contribution in [1.29, 1.82) is 0 Å². The number of nitro benzene ring substituents is 1. The number of benzene rings is 1. The topological polar surface area (TPSA) is 116 Å². The van der Waals surface area contributed by atoms with Gasteiger partial charge in [0.1, 0.15) is 0 Å². The van der Waals surface area contributed by atoms with E-state index < -0.39 is 23.4 Å². The van der Waals surface area contributed by atoms with Gasteiger partial charge in [0.2, 0.25) is 0 Å². The van der Waals surface area contributed by atoms with Gasteiger partial charge in [-0.15, -0.1) is 11.3 Å². The smallest absolute Gasteiger partial charge is 0.306 e. The number of hydrogen-bond donors (Lipinski definition) is 1. The van der Waals surface area contributed by atoms with Gasteiger partial charge in [0.25, 0.3) is 11.6 Å². The number of thiophene rings is 1. The lowest BCUT2D eigenvalue weighted by Gasteiger charge is -2.08. The number of carbonyl (C=O) groups is 3. The van der Waals surface area contributed by atoms with Gasteiger partial charge in [-0.3, -0.25) is 24.5 Å². The highest BCUT2D eigenvalue weighted by Crippen LogP contribution is 2.26. The van der Waals surface area contributed by atoms with Crippen LogP contribution in [-0.4, -0.2) is 29.2 Å². The zero-order chi connectivity index (χ0) is 19.1. The van der Waals surface area contributed by atoms with E-state index in [1.54, 1.807) is 17.5 Å². The molecule has 0 unspecified atom stereocenters. The number of carbonyl (C=O) groups excluding carboxylic acids is 3. The summed E-state index contributed by atoms with van der Waals surface area (Å²) in [6.07, 6.45) is -0.141. The predicted octanol–water partition coefficient (Wildman–Crippen LogP) is 3.45. The van der Waals surface area contributed by atoms with Crippen LogP contribution in [0.15, 0.2) is 35.7 Å². The highest BCUT2D eigenvalue weighted by molar-refractivity contribution is 7.12. The van der Waals surface area contributed by atoms with Gasteiger partial charge < -0.3 is 10.1 Å². The van der Waals surface area contributed by atoms with Gasteiger partial charge in [0, 0.05) is 18.6 Å². The van der Waals surface area contributed by atoms with Gasteiger partial charge in [0.15, 0.2) is 12.4 Å². The van der Waals surface area contributed by atoms with Crippen LogP contribution in [0.1, 0.15) is 22.5 Å². The van der Waals surface area contributed by atoms with Crippen LogP contribution in [0.3, 0.4) is 0 Å². The first kappa shape index (κ1) is 19.5. The number of nitrogens with one attached hydrogen (secondary N) is 1. The van der Waals surface area contributed by atoms with Crippen LogP contribution in [-0.2, 0) is 14.3 Å². The number of ether oxygens (including phenoxy) is 1. The van der Waals surface area contributed by atoms with Gasteiger partial charge >= 0.3 is 5.97 Å². The third kappa shape index (κ3) is 5.64. The number of hydrogen-bond acceptors (Lipinski definition) is 7. The van der Waals surface area contributed by atoms with E-state index in [4.69, 9.17) is 16.3 Å². The molecule has 1 aromatic heterocycles. The second kappa shape index (κ2) is 9.07. The van der Waals surface area contributed by atoms with Crippen LogP contribution >= 0.6 is 22.9 Å². The van der Waals surface area contributed by atoms with Crippen molar-refractivity contribution in [2.24, 2.45) is 0 Å². The highest BCUT2D eigenvalue weighted by atomic mass is 35.5. The maximum Gasteiger partial charge on any atom is 0.306 e. The summed E-state index contributed by atoms with van der Waals surface area (Å²) in [5.74, 6) is -1.50. The molecule has 0 aliphatic heterocycles. The van der Waals surface area contributed by atoms with Crippen LogP contribution in [0.4, 0.5) is 11.4 Å². The number of esters is 1. The molecule has 0 atom stereocenters. The third-order valence-corrected chi connectivity index (χ3v) is 4.38. The molecule has 26 heavy (non-hydrogen) atoms. The number of non-ortho nitro benzene ring substituents is 1. The summed E-state index contributed by atoms with van der Waals surface area (Å²) in [4.78, 5) is 45.7. The molecule has 1 aromatic carbocycles. The zero-order valence-corrected chi connectivity index (χ0v) is 14.8. The van der Waals surface area contributed by atoms with E-state index >= 15 is 0 Å². The quantitative estimate of drug-likeness (QED) is 0.316. The molecule has 8 nitrogen and oxygen atoms in total. The molecule has 2 rings (SSSR count). The molecule has 1 heterocycles. The van der Waals surface area contributed by atoms with Crippen molar-refractivity contribution in [2.75, 3.05) is 11.9 Å². The van der Waals surface area contributed by atoms with Crippen LogP contribution in [0.2, 0.25) is 5.02 Å². The lowest BCUT2D eigenvalue weighted by molar-refractivity contribution is -0.384. The van der Waals surface area contributed by atoms with E-state index in [-0.39, 0.29) is 35.0 Å². The lowest BCUT2D eigenvalue weighted by Crippen LogP contribution is -2.21. The molecule has 0 aliphatic carbocycles. The first-order valence-electron chi connectivity index (χ1n) is 7.33. The molecule has 2 aromatic rings. The maximum absolute atomic E-state index is 11.8. The van der Waals surface area contributed by atoms with E-state index in [0.717, 1.165) is 6.07 Å². The fourth-order valence-electron chi connectivity index (χ4n) is 1.90. The molecular formula is C16H13ClN2O6S. The molecule has 0 spiro atoms.